The summed E-state index contributed by atoms with van der Waals surface area (Å²) in [5, 5.41) is 14.1. The van der Waals surface area contributed by atoms with Gasteiger partial charge in [-0.2, -0.15) is 0 Å². The number of thiophene rings is 1. The number of fused-ring (bicyclic) bond motifs is 1. The molecule has 1 unspecified atom stereocenters. The zero-order valence-corrected chi connectivity index (χ0v) is 17.0. The third-order valence-corrected chi connectivity index (χ3v) is 6.13. The highest BCUT2D eigenvalue weighted by atomic mass is 32.1. The highest BCUT2D eigenvalue weighted by molar-refractivity contribution is 7.17. The number of carbonyl (C=O) groups excluding carboxylic acids is 2. The van der Waals surface area contributed by atoms with Gasteiger partial charge in [-0.3, -0.25) is 19.7 Å². The highest BCUT2D eigenvalue weighted by Crippen LogP contribution is 2.34. The van der Waals surface area contributed by atoms with Crippen molar-refractivity contribution < 1.29 is 19.4 Å². The number of non-ortho nitro benzene ring substituents is 1. The lowest BCUT2D eigenvalue weighted by molar-refractivity contribution is -0.936. The van der Waals surface area contributed by atoms with Crippen LogP contribution in [0.3, 0.4) is 0 Å². The molecule has 8 nitrogen and oxygen atoms in total. The number of amides is 2. The number of nitrogens with two attached hydrogens (primary N) is 1. The first-order valence-corrected chi connectivity index (χ1v) is 10.1. The zero-order valence-electron chi connectivity index (χ0n) is 16.2. The Bertz CT molecular complexity index is 996. The number of hydrogen-bond acceptors (Lipinski definition) is 5. The standard InChI is InChI=1S/C20H22N4O4S/c1-12(2)23-9-8-15-16(11-23)29-20(18(15)19(21)26)22-17(25)7-6-13-4-3-5-14(10-13)24(27)28/h3-7,10,12H,8-9,11H2,1-2H3,(H2,21,26)(H,22,25)/p+1/b7-6-. The van der Waals surface area contributed by atoms with Crippen molar-refractivity contribution in [2.24, 2.45) is 5.73 Å². The molecule has 0 radical (unpaired) electrons. The molecule has 1 atom stereocenters. The first kappa shape index (κ1) is 20.7. The summed E-state index contributed by atoms with van der Waals surface area (Å²) in [5.74, 6) is -0.973. The van der Waals surface area contributed by atoms with E-state index in [9.17, 15) is 19.7 Å². The Morgan fingerprint density at radius 1 is 1.38 bits per heavy atom. The van der Waals surface area contributed by atoms with Gasteiger partial charge >= 0.3 is 0 Å². The predicted octanol–water partition coefficient (Wildman–Crippen LogP) is 1.76. The lowest BCUT2D eigenvalue weighted by Gasteiger charge is -2.27. The van der Waals surface area contributed by atoms with Gasteiger partial charge in [-0.1, -0.05) is 12.1 Å². The number of nitrogens with zero attached hydrogens (tertiary/aromatic N) is 1. The Morgan fingerprint density at radius 3 is 2.79 bits per heavy atom. The molecular formula is C20H23N4O4S+. The molecule has 1 aliphatic heterocycles. The van der Waals surface area contributed by atoms with Crippen LogP contribution in [0.5, 0.6) is 0 Å². The molecule has 0 spiro atoms. The number of nitro benzene ring substituents is 1. The fraction of sp³-hybridized carbons (Fsp3) is 0.300. The molecule has 0 bridgehead atoms. The van der Waals surface area contributed by atoms with Gasteiger partial charge < -0.3 is 16.0 Å². The largest absolute Gasteiger partial charge is 0.365 e. The topological polar surface area (TPSA) is 120 Å². The Balaban J connectivity index is 1.79. The fourth-order valence-corrected chi connectivity index (χ4v) is 4.72. The van der Waals surface area contributed by atoms with Crippen LogP contribution in [0.2, 0.25) is 0 Å². The predicted molar refractivity (Wildman–Crippen MR) is 112 cm³/mol. The van der Waals surface area contributed by atoms with E-state index in [0.29, 0.717) is 22.2 Å². The number of hydrogen-bond donors (Lipinski definition) is 3. The van der Waals surface area contributed by atoms with E-state index in [2.05, 4.69) is 19.2 Å². The SMILES string of the molecule is CC(C)[NH+]1CCc2c(sc(NC(=O)/C=C\c3cccc([N+](=O)[O-])c3)c2C(N)=O)C1. The van der Waals surface area contributed by atoms with Crippen LogP contribution in [-0.2, 0) is 17.8 Å². The molecule has 2 amide bonds. The summed E-state index contributed by atoms with van der Waals surface area (Å²) in [6.45, 7) is 6.04. The van der Waals surface area contributed by atoms with Gasteiger partial charge in [0, 0.05) is 24.6 Å². The van der Waals surface area contributed by atoms with Gasteiger partial charge in [0.05, 0.1) is 28.0 Å². The third kappa shape index (κ3) is 4.69. The maximum atomic E-state index is 12.4. The molecule has 0 saturated carbocycles. The summed E-state index contributed by atoms with van der Waals surface area (Å²) >= 11 is 1.39. The van der Waals surface area contributed by atoms with E-state index < -0.39 is 16.7 Å². The monoisotopic (exact) mass is 415 g/mol. The average Bonchev–Trinajstić information content (AvgIpc) is 3.03. The number of nitrogens with one attached hydrogen (secondary N) is 2. The lowest BCUT2D eigenvalue weighted by Crippen LogP contribution is -3.14. The summed E-state index contributed by atoms with van der Waals surface area (Å²) in [6, 6.07) is 6.45. The van der Waals surface area contributed by atoms with Crippen LogP contribution in [0, 0.1) is 10.1 Å². The quantitative estimate of drug-likeness (QED) is 0.378. The van der Waals surface area contributed by atoms with E-state index in [1.807, 2.05) is 0 Å². The molecule has 1 aromatic heterocycles. The molecular weight excluding hydrogens is 392 g/mol. The van der Waals surface area contributed by atoms with Crippen LogP contribution in [-0.4, -0.2) is 29.3 Å². The van der Waals surface area contributed by atoms with Crippen LogP contribution in [0.1, 0.15) is 40.2 Å². The molecule has 9 heteroatoms. The smallest absolute Gasteiger partial charge is 0.270 e. The van der Waals surface area contributed by atoms with Crippen LogP contribution in [0.4, 0.5) is 10.7 Å². The lowest BCUT2D eigenvalue weighted by atomic mass is 10.0. The molecule has 1 aromatic carbocycles. The number of quaternary nitrogens is 1. The van der Waals surface area contributed by atoms with E-state index >= 15 is 0 Å². The number of benzene rings is 1. The minimum Gasteiger partial charge on any atom is -0.365 e. The minimum atomic E-state index is -0.548. The Morgan fingerprint density at radius 2 is 2.14 bits per heavy atom. The maximum Gasteiger partial charge on any atom is 0.270 e. The van der Waals surface area contributed by atoms with Crippen molar-refractivity contribution in [2.45, 2.75) is 32.9 Å². The van der Waals surface area contributed by atoms with Gasteiger partial charge in [-0.05, 0) is 31.1 Å². The molecule has 4 N–H and O–H groups in total. The number of anilines is 1. The fourth-order valence-electron chi connectivity index (χ4n) is 3.41. The Kier molecular flexibility index (Phi) is 6.09. The third-order valence-electron chi connectivity index (χ3n) is 4.98. The van der Waals surface area contributed by atoms with E-state index in [0.717, 1.165) is 30.0 Å². The molecule has 29 heavy (non-hydrogen) atoms. The molecule has 2 aromatic rings. The Labute approximate surface area is 172 Å². The molecule has 0 aliphatic carbocycles. The van der Waals surface area contributed by atoms with Crippen molar-refractivity contribution in [3.63, 3.8) is 0 Å². The van der Waals surface area contributed by atoms with Crippen LogP contribution >= 0.6 is 11.3 Å². The summed E-state index contributed by atoms with van der Waals surface area (Å²) in [5.41, 5.74) is 7.40. The number of nitro groups is 1. The van der Waals surface area contributed by atoms with Gasteiger partial charge in [0.25, 0.3) is 11.6 Å². The number of rotatable bonds is 6. The summed E-state index contributed by atoms with van der Waals surface area (Å²) in [7, 11) is 0. The zero-order chi connectivity index (χ0) is 21.1. The van der Waals surface area contributed by atoms with Crippen molar-refractivity contribution in [1.29, 1.82) is 0 Å². The van der Waals surface area contributed by atoms with Crippen molar-refractivity contribution in [2.75, 3.05) is 11.9 Å². The summed E-state index contributed by atoms with van der Waals surface area (Å²) < 4.78 is 0. The normalized spacial score (nSPS) is 16.0. The second-order valence-electron chi connectivity index (χ2n) is 7.24. The molecule has 2 heterocycles. The van der Waals surface area contributed by atoms with Gasteiger partial charge in [-0.15, -0.1) is 11.3 Å². The van der Waals surface area contributed by atoms with E-state index in [1.165, 1.54) is 40.5 Å². The van der Waals surface area contributed by atoms with Crippen LogP contribution in [0.15, 0.2) is 30.3 Å². The van der Waals surface area contributed by atoms with Crippen LogP contribution < -0.4 is 16.0 Å². The number of primary amides is 1. The molecule has 0 fully saturated rings. The van der Waals surface area contributed by atoms with Gasteiger partial charge in [-0.25, -0.2) is 0 Å². The van der Waals surface area contributed by atoms with Gasteiger partial charge in [0.15, 0.2) is 0 Å². The van der Waals surface area contributed by atoms with E-state index in [-0.39, 0.29) is 5.69 Å². The number of carbonyl (C=O) groups is 2. The van der Waals surface area contributed by atoms with E-state index in [4.69, 9.17) is 5.73 Å². The van der Waals surface area contributed by atoms with Crippen molar-refractivity contribution in [3.05, 3.63) is 62.0 Å². The first-order valence-electron chi connectivity index (χ1n) is 9.28. The van der Waals surface area contributed by atoms with Crippen molar-refractivity contribution in [1.82, 2.24) is 0 Å². The Hall–Kier alpha value is -3.04. The van der Waals surface area contributed by atoms with Crippen molar-refractivity contribution in [3.8, 4) is 0 Å². The minimum absolute atomic E-state index is 0.0493. The first-order chi connectivity index (χ1) is 13.8. The summed E-state index contributed by atoms with van der Waals surface area (Å²) in [6.07, 6.45) is 3.52. The summed E-state index contributed by atoms with van der Waals surface area (Å²) in [4.78, 5) is 37.3. The molecule has 152 valence electrons. The second kappa shape index (κ2) is 8.54. The molecule has 1 aliphatic rings. The maximum absolute atomic E-state index is 12.4. The van der Waals surface area contributed by atoms with Crippen LogP contribution in [0.25, 0.3) is 6.08 Å². The average molecular weight is 415 g/mol. The van der Waals surface area contributed by atoms with Crippen molar-refractivity contribution >= 4 is 39.9 Å². The second-order valence-corrected chi connectivity index (χ2v) is 8.34. The molecule has 0 saturated heterocycles. The van der Waals surface area contributed by atoms with Gasteiger partial charge in [0.1, 0.15) is 11.5 Å². The highest BCUT2D eigenvalue weighted by Gasteiger charge is 2.30. The van der Waals surface area contributed by atoms with Gasteiger partial charge in [0.2, 0.25) is 5.91 Å². The van der Waals surface area contributed by atoms with E-state index in [1.54, 1.807) is 12.1 Å². The molecule has 3 rings (SSSR count).